The van der Waals surface area contributed by atoms with Crippen molar-refractivity contribution in [2.24, 2.45) is 17.8 Å². The number of rotatable bonds is 10. The highest BCUT2D eigenvalue weighted by Gasteiger charge is 2.40. The monoisotopic (exact) mass is 662 g/mol. The lowest BCUT2D eigenvalue weighted by Gasteiger charge is -2.46. The third-order valence-electron chi connectivity index (χ3n) is 12.1. The van der Waals surface area contributed by atoms with Crippen molar-refractivity contribution in [1.29, 1.82) is 0 Å². The van der Waals surface area contributed by atoms with Crippen LogP contribution in [0.3, 0.4) is 0 Å². The third kappa shape index (κ3) is 9.43. The summed E-state index contributed by atoms with van der Waals surface area (Å²) in [6, 6.07) is 0.652. The molecule has 0 bridgehead atoms. The Morgan fingerprint density at radius 3 is 2.49 bits per heavy atom. The Morgan fingerprint density at radius 2 is 1.77 bits per heavy atom. The third-order valence-corrected chi connectivity index (χ3v) is 12.1. The minimum absolute atomic E-state index is 0.00535. The first-order valence-electron chi connectivity index (χ1n) is 18.6. The first-order valence-corrected chi connectivity index (χ1v) is 18.6. The van der Waals surface area contributed by atoms with Gasteiger partial charge in [-0.2, -0.15) is 0 Å². The smallest absolute Gasteiger partial charge is 0.223 e. The summed E-state index contributed by atoms with van der Waals surface area (Å²) in [4.78, 5) is 32.3. The van der Waals surface area contributed by atoms with Crippen molar-refractivity contribution in [3.8, 4) is 0 Å². The van der Waals surface area contributed by atoms with E-state index in [4.69, 9.17) is 9.47 Å². The second-order valence-corrected chi connectivity index (χ2v) is 15.4. The lowest BCUT2D eigenvalue weighted by atomic mass is 9.72. The van der Waals surface area contributed by atoms with Crippen molar-refractivity contribution < 1.29 is 24.2 Å². The number of aliphatic hydroxyl groups excluding tert-OH is 1. The van der Waals surface area contributed by atoms with E-state index in [1.807, 2.05) is 4.90 Å². The van der Waals surface area contributed by atoms with Gasteiger partial charge in [0.1, 0.15) is 0 Å². The van der Waals surface area contributed by atoms with Gasteiger partial charge in [0, 0.05) is 76.8 Å². The molecule has 6 rings (SSSR count). The van der Waals surface area contributed by atoms with Gasteiger partial charge in [-0.3, -0.25) is 30.4 Å². The van der Waals surface area contributed by atoms with Crippen molar-refractivity contribution in [2.75, 3.05) is 72.7 Å². The lowest BCUT2D eigenvalue weighted by Crippen LogP contribution is -2.64. The Hall–Kier alpha value is -1.42. The van der Waals surface area contributed by atoms with Crippen LogP contribution in [-0.4, -0.2) is 153 Å². The molecule has 0 aromatic carbocycles. The number of amides is 2. The summed E-state index contributed by atoms with van der Waals surface area (Å²) in [5.41, 5.74) is 0. The standard InChI is InChI=1S/C34H62N8O5/c1-22-31(47-21-37-22)20-46-28-5-4-24-15-29(35-18-26(24)14-28)30(44)19-36-34(45)25-16-32(38-27-6-8-41(9-7-27)23(2)43)39-33(17-25)42-12-10-40(3)11-13-42/h22,24-33,35,37-39,44H,4-21H2,1-3H3,(H,36,45)/t22?,24?,25?,26?,28?,29-,30+,31?,32?,33?/m0/s1. The molecule has 6 aliphatic rings. The molecule has 5 aliphatic heterocycles. The normalized spacial score (nSPS) is 38.6. The van der Waals surface area contributed by atoms with E-state index >= 15 is 0 Å². The molecule has 47 heavy (non-hydrogen) atoms. The Balaban J connectivity index is 0.962. The van der Waals surface area contributed by atoms with Gasteiger partial charge in [-0.1, -0.05) is 0 Å². The fraction of sp³-hybridized carbons (Fsp3) is 0.941. The van der Waals surface area contributed by atoms with Gasteiger partial charge in [-0.25, -0.2) is 0 Å². The Bertz CT molecular complexity index is 1020. The van der Waals surface area contributed by atoms with Gasteiger partial charge in [-0.05, 0) is 83.7 Å². The number of carbonyl (C=O) groups excluding carboxylic acids is 2. The van der Waals surface area contributed by atoms with Crippen LogP contribution in [0, 0.1) is 17.8 Å². The number of likely N-dealkylation sites (N-methyl/N-ethyl adjacent to an activating group) is 1. The summed E-state index contributed by atoms with van der Waals surface area (Å²) in [7, 11) is 2.16. The van der Waals surface area contributed by atoms with Gasteiger partial charge in [-0.15, -0.1) is 0 Å². The van der Waals surface area contributed by atoms with Crippen LogP contribution in [0.5, 0.6) is 0 Å². The maximum absolute atomic E-state index is 13.7. The molecule has 2 amide bonds. The van der Waals surface area contributed by atoms with Crippen molar-refractivity contribution in [3.05, 3.63) is 0 Å². The van der Waals surface area contributed by atoms with E-state index in [1.165, 1.54) is 0 Å². The topological polar surface area (TPSA) is 143 Å². The summed E-state index contributed by atoms with van der Waals surface area (Å²) in [6.45, 7) is 11.8. The first-order chi connectivity index (χ1) is 22.7. The molecule has 5 saturated heterocycles. The zero-order valence-corrected chi connectivity index (χ0v) is 29.0. The number of nitrogens with zero attached hydrogens (tertiary/aromatic N) is 3. The van der Waals surface area contributed by atoms with E-state index in [-0.39, 0.29) is 54.9 Å². The summed E-state index contributed by atoms with van der Waals surface area (Å²) >= 11 is 0. The van der Waals surface area contributed by atoms with Crippen molar-refractivity contribution in [3.63, 3.8) is 0 Å². The average molecular weight is 663 g/mol. The van der Waals surface area contributed by atoms with Gasteiger partial charge in [0.2, 0.25) is 11.8 Å². The number of aliphatic hydroxyl groups is 1. The molecule has 0 aromatic heterocycles. The van der Waals surface area contributed by atoms with E-state index < -0.39 is 6.10 Å². The fourth-order valence-corrected chi connectivity index (χ4v) is 8.86. The van der Waals surface area contributed by atoms with Gasteiger partial charge >= 0.3 is 0 Å². The van der Waals surface area contributed by atoms with Crippen LogP contribution in [0.25, 0.3) is 0 Å². The summed E-state index contributed by atoms with van der Waals surface area (Å²) < 4.78 is 12.0. The van der Waals surface area contributed by atoms with E-state index in [2.05, 4.69) is 50.4 Å². The van der Waals surface area contributed by atoms with Crippen LogP contribution in [-0.2, 0) is 19.1 Å². The van der Waals surface area contributed by atoms with Gasteiger partial charge < -0.3 is 35.0 Å². The highest BCUT2D eigenvalue weighted by atomic mass is 16.5. The second kappa shape index (κ2) is 16.5. The van der Waals surface area contributed by atoms with Crippen molar-refractivity contribution in [1.82, 2.24) is 41.3 Å². The average Bonchev–Trinajstić information content (AvgIpc) is 3.50. The lowest BCUT2D eigenvalue weighted by molar-refractivity contribution is -0.130. The number of ether oxygens (including phenoxy) is 2. The predicted octanol–water partition coefficient (Wildman–Crippen LogP) is -0.539. The zero-order valence-electron chi connectivity index (χ0n) is 29.0. The Labute approximate surface area is 281 Å². The molecule has 1 saturated carbocycles. The number of fused-ring (bicyclic) bond motifs is 1. The summed E-state index contributed by atoms with van der Waals surface area (Å²) in [5, 5.41) is 28.9. The number of hydrogen-bond donors (Lipinski definition) is 6. The molecular formula is C34H62N8O5. The van der Waals surface area contributed by atoms with E-state index in [9.17, 15) is 14.7 Å². The maximum atomic E-state index is 13.7. The quantitative estimate of drug-likeness (QED) is 0.180. The van der Waals surface area contributed by atoms with E-state index in [0.717, 1.165) is 97.2 Å². The Morgan fingerprint density at radius 1 is 0.979 bits per heavy atom. The molecular weight excluding hydrogens is 600 g/mol. The number of hydrogen-bond acceptors (Lipinski definition) is 11. The number of carbonyl (C=O) groups is 2. The van der Waals surface area contributed by atoms with E-state index in [1.54, 1.807) is 6.92 Å². The molecule has 6 N–H and O–H groups in total. The van der Waals surface area contributed by atoms with E-state index in [0.29, 0.717) is 37.3 Å². The molecule has 10 atom stereocenters. The zero-order chi connectivity index (χ0) is 32.9. The molecule has 268 valence electrons. The molecule has 13 heteroatoms. The summed E-state index contributed by atoms with van der Waals surface area (Å²) in [5.74, 6) is 1.21. The van der Waals surface area contributed by atoms with Gasteiger partial charge in [0.25, 0.3) is 0 Å². The largest absolute Gasteiger partial charge is 0.390 e. The maximum Gasteiger partial charge on any atom is 0.223 e. The highest BCUT2D eigenvalue weighted by Crippen LogP contribution is 2.37. The van der Waals surface area contributed by atoms with Crippen molar-refractivity contribution in [2.45, 2.75) is 114 Å². The molecule has 0 spiro atoms. The van der Waals surface area contributed by atoms with Crippen LogP contribution >= 0.6 is 0 Å². The fourth-order valence-electron chi connectivity index (χ4n) is 8.86. The second-order valence-electron chi connectivity index (χ2n) is 15.4. The van der Waals surface area contributed by atoms with Gasteiger partial charge in [0.15, 0.2) is 0 Å². The molecule has 5 heterocycles. The molecule has 1 aliphatic carbocycles. The molecule has 6 fully saturated rings. The molecule has 13 nitrogen and oxygen atoms in total. The van der Waals surface area contributed by atoms with Gasteiger partial charge in [0.05, 0.1) is 44.0 Å². The van der Waals surface area contributed by atoms with Crippen LogP contribution in [0.1, 0.15) is 65.2 Å². The highest BCUT2D eigenvalue weighted by molar-refractivity contribution is 5.79. The summed E-state index contributed by atoms with van der Waals surface area (Å²) in [6.07, 6.45) is 7.48. The first kappa shape index (κ1) is 35.4. The molecule has 0 radical (unpaired) electrons. The number of piperidine rings is 3. The molecule has 8 unspecified atom stereocenters. The molecule has 0 aromatic rings. The minimum Gasteiger partial charge on any atom is -0.390 e. The number of nitrogens with one attached hydrogen (secondary N) is 5. The SMILES string of the molecule is CC(=O)N1CCC(NC2CC(C(=O)NC[C@@H](O)[C@@H]3CC4CCC(OCC5OCNC5C)CC4CN3)CC(N3CCN(C)CC3)N2)CC1. The van der Waals surface area contributed by atoms with Crippen molar-refractivity contribution >= 4 is 11.8 Å². The Kier molecular flexibility index (Phi) is 12.4. The predicted molar refractivity (Wildman–Crippen MR) is 179 cm³/mol. The van der Waals surface area contributed by atoms with Crippen LogP contribution < -0.4 is 26.6 Å². The van der Waals surface area contributed by atoms with Crippen LogP contribution in [0.4, 0.5) is 0 Å². The minimum atomic E-state index is -0.613. The van der Waals surface area contributed by atoms with Crippen LogP contribution in [0.2, 0.25) is 0 Å². The van der Waals surface area contributed by atoms with Crippen LogP contribution in [0.15, 0.2) is 0 Å². The number of piperazine rings is 1. The number of likely N-dealkylation sites (tertiary alicyclic amines) is 1.